The van der Waals surface area contributed by atoms with Crippen LogP contribution in [0.2, 0.25) is 10.0 Å². The quantitative estimate of drug-likeness (QED) is 0.694. The molecule has 0 atom stereocenters. The fourth-order valence-corrected chi connectivity index (χ4v) is 2.71. The molecule has 0 amide bonds. The minimum absolute atomic E-state index is 0.480. The smallest absolute Gasteiger partial charge is 0.124 e. The standard InChI is InChI=1S/C15H14BrCl2NO2/c1-20-10-3-6-13(21-2)9(7-10)8-19-12-5-4-11(16)14(17)15(12)18/h3-7,19H,8H2,1-2H3. The van der Waals surface area contributed by atoms with E-state index in [9.17, 15) is 0 Å². The zero-order valence-corrected chi connectivity index (χ0v) is 14.6. The molecule has 0 aliphatic carbocycles. The minimum atomic E-state index is 0.480. The Hall–Kier alpha value is -1.10. The molecule has 6 heteroatoms. The predicted octanol–water partition coefficient (Wildman–Crippen LogP) is 5.39. The summed E-state index contributed by atoms with van der Waals surface area (Å²) in [6.07, 6.45) is 0. The Morgan fingerprint density at radius 3 is 2.48 bits per heavy atom. The molecule has 0 aliphatic rings. The Morgan fingerprint density at radius 2 is 1.81 bits per heavy atom. The summed E-state index contributed by atoms with van der Waals surface area (Å²) in [5, 5.41) is 4.22. The first kappa shape index (κ1) is 16.3. The third kappa shape index (κ3) is 3.76. The van der Waals surface area contributed by atoms with Crippen LogP contribution in [0.4, 0.5) is 5.69 Å². The predicted molar refractivity (Wildman–Crippen MR) is 91.0 cm³/mol. The first-order valence-corrected chi connectivity index (χ1v) is 7.70. The van der Waals surface area contributed by atoms with Crippen LogP contribution in [0.5, 0.6) is 11.5 Å². The van der Waals surface area contributed by atoms with Crippen molar-refractivity contribution in [3.05, 3.63) is 50.4 Å². The first-order chi connectivity index (χ1) is 10.1. The summed E-state index contributed by atoms with van der Waals surface area (Å²) in [6.45, 7) is 0.540. The molecular formula is C15H14BrCl2NO2. The fraction of sp³-hybridized carbons (Fsp3) is 0.200. The third-order valence-corrected chi connectivity index (χ3v) is 4.76. The van der Waals surface area contributed by atoms with Crippen LogP contribution in [-0.4, -0.2) is 14.2 Å². The van der Waals surface area contributed by atoms with Gasteiger partial charge in [0.05, 0.1) is 30.0 Å². The van der Waals surface area contributed by atoms with Gasteiger partial charge in [-0.3, -0.25) is 0 Å². The lowest BCUT2D eigenvalue weighted by atomic mass is 10.2. The maximum atomic E-state index is 6.22. The summed E-state index contributed by atoms with van der Waals surface area (Å²) in [6, 6.07) is 9.35. The molecular weight excluding hydrogens is 377 g/mol. The molecule has 21 heavy (non-hydrogen) atoms. The zero-order chi connectivity index (χ0) is 15.4. The van der Waals surface area contributed by atoms with Crippen LogP contribution in [0.25, 0.3) is 0 Å². The van der Waals surface area contributed by atoms with E-state index < -0.39 is 0 Å². The number of nitrogens with one attached hydrogen (secondary N) is 1. The number of halogens is 3. The van der Waals surface area contributed by atoms with Crippen molar-refractivity contribution in [2.24, 2.45) is 0 Å². The molecule has 3 nitrogen and oxygen atoms in total. The van der Waals surface area contributed by atoms with Crippen molar-refractivity contribution < 1.29 is 9.47 Å². The van der Waals surface area contributed by atoms with Gasteiger partial charge in [0.2, 0.25) is 0 Å². The number of anilines is 1. The molecule has 0 aromatic heterocycles. The van der Waals surface area contributed by atoms with Crippen LogP contribution in [-0.2, 0) is 6.54 Å². The van der Waals surface area contributed by atoms with Gasteiger partial charge in [0, 0.05) is 16.6 Å². The third-order valence-electron chi connectivity index (χ3n) is 2.99. The second kappa shape index (κ2) is 7.25. The second-order valence-electron chi connectivity index (χ2n) is 4.25. The number of methoxy groups -OCH3 is 2. The van der Waals surface area contributed by atoms with Crippen molar-refractivity contribution in [1.29, 1.82) is 0 Å². The average molecular weight is 391 g/mol. The topological polar surface area (TPSA) is 30.5 Å². The summed E-state index contributed by atoms with van der Waals surface area (Å²) in [7, 11) is 3.26. The zero-order valence-electron chi connectivity index (χ0n) is 11.5. The van der Waals surface area contributed by atoms with E-state index in [-0.39, 0.29) is 0 Å². The molecule has 2 aromatic rings. The second-order valence-corrected chi connectivity index (χ2v) is 5.86. The SMILES string of the molecule is COc1ccc(OC)c(CNc2ccc(Br)c(Cl)c2Cl)c1. The molecule has 0 aliphatic heterocycles. The van der Waals surface area contributed by atoms with Gasteiger partial charge in [-0.2, -0.15) is 0 Å². The number of benzene rings is 2. The van der Waals surface area contributed by atoms with Crippen molar-refractivity contribution in [2.75, 3.05) is 19.5 Å². The van der Waals surface area contributed by atoms with E-state index >= 15 is 0 Å². The molecule has 0 saturated heterocycles. The highest BCUT2D eigenvalue weighted by Gasteiger charge is 2.10. The highest BCUT2D eigenvalue weighted by molar-refractivity contribution is 9.10. The molecule has 0 spiro atoms. The number of ether oxygens (including phenoxy) is 2. The molecule has 112 valence electrons. The summed E-state index contributed by atoms with van der Waals surface area (Å²) >= 11 is 15.7. The van der Waals surface area contributed by atoms with Crippen molar-refractivity contribution in [1.82, 2.24) is 0 Å². The lowest BCUT2D eigenvalue weighted by Gasteiger charge is -2.14. The number of hydrogen-bond donors (Lipinski definition) is 1. The number of hydrogen-bond acceptors (Lipinski definition) is 3. The van der Waals surface area contributed by atoms with E-state index in [0.717, 1.165) is 27.2 Å². The molecule has 0 unspecified atom stereocenters. The van der Waals surface area contributed by atoms with E-state index in [1.54, 1.807) is 14.2 Å². The Labute approximate surface area is 142 Å². The van der Waals surface area contributed by atoms with E-state index in [1.165, 1.54) is 0 Å². The summed E-state index contributed by atoms with van der Waals surface area (Å²) < 4.78 is 11.3. The van der Waals surface area contributed by atoms with Crippen LogP contribution < -0.4 is 14.8 Å². The van der Waals surface area contributed by atoms with E-state index in [4.69, 9.17) is 32.7 Å². The van der Waals surface area contributed by atoms with Crippen LogP contribution in [0.15, 0.2) is 34.8 Å². The summed E-state index contributed by atoms with van der Waals surface area (Å²) in [4.78, 5) is 0. The van der Waals surface area contributed by atoms with Gasteiger partial charge < -0.3 is 14.8 Å². The van der Waals surface area contributed by atoms with Gasteiger partial charge in [-0.1, -0.05) is 23.2 Å². The van der Waals surface area contributed by atoms with Crippen molar-refractivity contribution >= 4 is 44.8 Å². The van der Waals surface area contributed by atoms with Gasteiger partial charge in [-0.25, -0.2) is 0 Å². The van der Waals surface area contributed by atoms with Crippen molar-refractivity contribution in [2.45, 2.75) is 6.54 Å². The van der Waals surface area contributed by atoms with Gasteiger partial charge in [0.1, 0.15) is 11.5 Å². The number of rotatable bonds is 5. The van der Waals surface area contributed by atoms with Crippen LogP contribution in [0, 0.1) is 0 Å². The Kier molecular flexibility index (Phi) is 5.62. The van der Waals surface area contributed by atoms with E-state index in [1.807, 2.05) is 30.3 Å². The van der Waals surface area contributed by atoms with Gasteiger partial charge in [0.15, 0.2) is 0 Å². The molecule has 0 saturated carbocycles. The molecule has 0 radical (unpaired) electrons. The molecule has 2 aromatic carbocycles. The molecule has 2 rings (SSSR count). The Bertz CT molecular complexity index is 650. The minimum Gasteiger partial charge on any atom is -0.497 e. The average Bonchev–Trinajstić information content (AvgIpc) is 2.51. The molecule has 0 fully saturated rings. The molecule has 0 bridgehead atoms. The Morgan fingerprint density at radius 1 is 1.05 bits per heavy atom. The summed E-state index contributed by atoms with van der Waals surface area (Å²) in [5.74, 6) is 1.55. The van der Waals surface area contributed by atoms with E-state index in [2.05, 4.69) is 21.2 Å². The van der Waals surface area contributed by atoms with Crippen LogP contribution >= 0.6 is 39.1 Å². The van der Waals surface area contributed by atoms with Crippen LogP contribution in [0.1, 0.15) is 5.56 Å². The molecule has 1 N–H and O–H groups in total. The summed E-state index contributed by atoms with van der Waals surface area (Å²) in [5.41, 5.74) is 1.72. The van der Waals surface area contributed by atoms with Gasteiger partial charge >= 0.3 is 0 Å². The normalized spacial score (nSPS) is 10.3. The molecule has 0 heterocycles. The largest absolute Gasteiger partial charge is 0.497 e. The monoisotopic (exact) mass is 389 g/mol. The van der Waals surface area contributed by atoms with Crippen LogP contribution in [0.3, 0.4) is 0 Å². The first-order valence-electron chi connectivity index (χ1n) is 6.15. The maximum absolute atomic E-state index is 6.22. The van der Waals surface area contributed by atoms with Gasteiger partial charge in [0.25, 0.3) is 0 Å². The maximum Gasteiger partial charge on any atom is 0.124 e. The fourth-order valence-electron chi connectivity index (χ4n) is 1.87. The van der Waals surface area contributed by atoms with Crippen molar-refractivity contribution in [3.63, 3.8) is 0 Å². The highest BCUT2D eigenvalue weighted by Crippen LogP contribution is 2.36. The Balaban J connectivity index is 2.22. The highest BCUT2D eigenvalue weighted by atomic mass is 79.9. The lowest BCUT2D eigenvalue weighted by Crippen LogP contribution is -2.03. The lowest BCUT2D eigenvalue weighted by molar-refractivity contribution is 0.399. The van der Waals surface area contributed by atoms with Crippen molar-refractivity contribution in [3.8, 4) is 11.5 Å². The van der Waals surface area contributed by atoms with Gasteiger partial charge in [-0.15, -0.1) is 0 Å². The van der Waals surface area contributed by atoms with E-state index in [0.29, 0.717) is 16.6 Å². The van der Waals surface area contributed by atoms with Gasteiger partial charge in [-0.05, 0) is 46.3 Å².